The molecule has 174 valence electrons. The Morgan fingerprint density at radius 3 is 2.15 bits per heavy atom. The Labute approximate surface area is 195 Å². The van der Waals surface area contributed by atoms with Gasteiger partial charge in [0.1, 0.15) is 11.5 Å². The SMILES string of the molecule is COc1ccc(CCn2nc(C(=O)N(C)C)c3c2CCN(Cc2ccc(OC)cc2)C3)cc1. The van der Waals surface area contributed by atoms with Crippen molar-refractivity contribution in [1.82, 2.24) is 19.6 Å². The summed E-state index contributed by atoms with van der Waals surface area (Å²) >= 11 is 0. The number of rotatable bonds is 8. The summed E-state index contributed by atoms with van der Waals surface area (Å²) in [6.45, 7) is 3.23. The van der Waals surface area contributed by atoms with Gasteiger partial charge in [0.05, 0.1) is 14.2 Å². The molecule has 3 aromatic rings. The zero-order valence-electron chi connectivity index (χ0n) is 19.9. The second kappa shape index (κ2) is 10.1. The highest BCUT2D eigenvalue weighted by atomic mass is 16.5. The van der Waals surface area contributed by atoms with E-state index in [1.165, 1.54) is 16.8 Å². The lowest BCUT2D eigenvalue weighted by Crippen LogP contribution is -2.32. The van der Waals surface area contributed by atoms with Gasteiger partial charge in [-0.2, -0.15) is 5.10 Å². The fourth-order valence-electron chi connectivity index (χ4n) is 4.27. The number of ether oxygens (including phenoxy) is 2. The normalized spacial score (nSPS) is 13.5. The van der Waals surface area contributed by atoms with E-state index in [-0.39, 0.29) is 5.91 Å². The van der Waals surface area contributed by atoms with Crippen molar-refractivity contribution in [3.05, 3.63) is 76.6 Å². The predicted octanol–water partition coefficient (Wildman–Crippen LogP) is 3.40. The van der Waals surface area contributed by atoms with Gasteiger partial charge < -0.3 is 14.4 Å². The maximum Gasteiger partial charge on any atom is 0.274 e. The van der Waals surface area contributed by atoms with E-state index < -0.39 is 0 Å². The molecule has 1 amide bonds. The summed E-state index contributed by atoms with van der Waals surface area (Å²) in [5.41, 5.74) is 5.26. The lowest BCUT2D eigenvalue weighted by Gasteiger charge is -2.28. The number of hydrogen-bond donors (Lipinski definition) is 0. The highest BCUT2D eigenvalue weighted by molar-refractivity contribution is 5.93. The number of amides is 1. The molecule has 0 N–H and O–H groups in total. The Morgan fingerprint density at radius 2 is 1.58 bits per heavy atom. The summed E-state index contributed by atoms with van der Waals surface area (Å²) in [6.07, 6.45) is 1.73. The van der Waals surface area contributed by atoms with E-state index in [1.807, 2.05) is 28.9 Å². The number of nitrogens with zero attached hydrogens (tertiary/aromatic N) is 4. The molecule has 4 rings (SSSR count). The number of aromatic nitrogens is 2. The van der Waals surface area contributed by atoms with E-state index in [0.29, 0.717) is 5.69 Å². The van der Waals surface area contributed by atoms with Crippen LogP contribution in [0.1, 0.15) is 32.9 Å². The van der Waals surface area contributed by atoms with Crippen LogP contribution in [0, 0.1) is 0 Å². The number of carbonyl (C=O) groups excluding carboxylic acids is 1. The quantitative estimate of drug-likeness (QED) is 0.529. The van der Waals surface area contributed by atoms with Crippen LogP contribution < -0.4 is 9.47 Å². The summed E-state index contributed by atoms with van der Waals surface area (Å²) in [7, 11) is 6.91. The molecular weight excluding hydrogens is 416 g/mol. The molecule has 0 fully saturated rings. The van der Waals surface area contributed by atoms with Crippen molar-refractivity contribution in [2.45, 2.75) is 32.5 Å². The van der Waals surface area contributed by atoms with Crippen molar-refractivity contribution in [3.63, 3.8) is 0 Å². The largest absolute Gasteiger partial charge is 0.497 e. The number of aryl methyl sites for hydroxylation is 2. The lowest BCUT2D eigenvalue weighted by molar-refractivity contribution is 0.0818. The van der Waals surface area contributed by atoms with Gasteiger partial charge in [0.25, 0.3) is 5.91 Å². The molecule has 7 heteroatoms. The molecule has 0 saturated carbocycles. The monoisotopic (exact) mass is 448 g/mol. The van der Waals surface area contributed by atoms with Crippen molar-refractivity contribution in [1.29, 1.82) is 0 Å². The number of hydrogen-bond acceptors (Lipinski definition) is 5. The molecule has 0 spiro atoms. The third-order valence-corrected chi connectivity index (χ3v) is 6.16. The maximum absolute atomic E-state index is 12.9. The lowest BCUT2D eigenvalue weighted by atomic mass is 10.0. The van der Waals surface area contributed by atoms with E-state index in [1.54, 1.807) is 33.2 Å². The number of methoxy groups -OCH3 is 2. The van der Waals surface area contributed by atoms with Crippen molar-refractivity contribution >= 4 is 5.91 Å². The molecular formula is C26H32N4O3. The van der Waals surface area contributed by atoms with Crippen LogP contribution in [0.4, 0.5) is 0 Å². The van der Waals surface area contributed by atoms with Gasteiger partial charge in [-0.1, -0.05) is 24.3 Å². The molecule has 1 aliphatic heterocycles. The number of benzene rings is 2. The summed E-state index contributed by atoms with van der Waals surface area (Å²) in [6, 6.07) is 16.3. The summed E-state index contributed by atoms with van der Waals surface area (Å²) in [4.78, 5) is 16.9. The van der Waals surface area contributed by atoms with Gasteiger partial charge in [-0.05, 0) is 41.8 Å². The third kappa shape index (κ3) is 5.20. The predicted molar refractivity (Wildman–Crippen MR) is 128 cm³/mol. The van der Waals surface area contributed by atoms with Gasteiger partial charge in [0, 0.05) is 58.0 Å². The molecule has 33 heavy (non-hydrogen) atoms. The van der Waals surface area contributed by atoms with Crippen LogP contribution in [0.15, 0.2) is 48.5 Å². The first-order valence-corrected chi connectivity index (χ1v) is 11.3. The van der Waals surface area contributed by atoms with Crippen LogP contribution in [0.5, 0.6) is 11.5 Å². The van der Waals surface area contributed by atoms with Crippen LogP contribution in [0.2, 0.25) is 0 Å². The molecule has 0 aliphatic carbocycles. The topological polar surface area (TPSA) is 59.8 Å². The number of carbonyl (C=O) groups is 1. The van der Waals surface area contributed by atoms with Crippen molar-refractivity contribution in [2.24, 2.45) is 0 Å². The molecule has 1 aliphatic rings. The first-order valence-electron chi connectivity index (χ1n) is 11.3. The highest BCUT2D eigenvalue weighted by Crippen LogP contribution is 2.26. The Balaban J connectivity index is 1.53. The summed E-state index contributed by atoms with van der Waals surface area (Å²) in [5, 5.41) is 4.78. The average molecular weight is 449 g/mol. The van der Waals surface area contributed by atoms with Gasteiger partial charge in [-0.3, -0.25) is 14.4 Å². The first-order chi connectivity index (χ1) is 16.0. The molecule has 0 radical (unpaired) electrons. The van der Waals surface area contributed by atoms with Gasteiger partial charge in [0.2, 0.25) is 0 Å². The van der Waals surface area contributed by atoms with Crippen molar-refractivity contribution in [3.8, 4) is 11.5 Å². The standard InChI is InChI=1S/C26H32N4O3/c1-28(2)26(31)25-23-18-29(17-20-7-11-22(33-4)12-8-20)15-14-24(23)30(27-25)16-13-19-5-9-21(32-3)10-6-19/h5-12H,13-18H2,1-4H3. The zero-order chi connectivity index (χ0) is 23.4. The fourth-order valence-corrected chi connectivity index (χ4v) is 4.27. The minimum absolute atomic E-state index is 0.0410. The Bertz CT molecular complexity index is 1090. The third-order valence-electron chi connectivity index (χ3n) is 6.16. The molecule has 2 heterocycles. The van der Waals surface area contributed by atoms with Crippen LogP contribution >= 0.6 is 0 Å². The molecule has 1 aromatic heterocycles. The zero-order valence-corrected chi connectivity index (χ0v) is 19.9. The Kier molecular flexibility index (Phi) is 6.99. The molecule has 0 unspecified atom stereocenters. The summed E-state index contributed by atoms with van der Waals surface area (Å²) in [5.74, 6) is 1.67. The van der Waals surface area contributed by atoms with Crippen LogP contribution in [0.3, 0.4) is 0 Å². The molecule has 0 atom stereocenters. The highest BCUT2D eigenvalue weighted by Gasteiger charge is 2.28. The fraction of sp³-hybridized carbons (Fsp3) is 0.385. The van der Waals surface area contributed by atoms with Crippen molar-refractivity contribution < 1.29 is 14.3 Å². The Morgan fingerprint density at radius 1 is 0.970 bits per heavy atom. The van der Waals surface area contributed by atoms with E-state index in [0.717, 1.165) is 56.1 Å². The van der Waals surface area contributed by atoms with Crippen LogP contribution in [0.25, 0.3) is 0 Å². The average Bonchev–Trinajstić information content (AvgIpc) is 3.20. The van der Waals surface area contributed by atoms with Crippen LogP contribution in [-0.2, 0) is 32.5 Å². The van der Waals surface area contributed by atoms with E-state index in [2.05, 4.69) is 29.2 Å². The minimum Gasteiger partial charge on any atom is -0.497 e. The second-order valence-corrected chi connectivity index (χ2v) is 8.60. The van der Waals surface area contributed by atoms with Crippen LogP contribution in [-0.4, -0.2) is 60.3 Å². The van der Waals surface area contributed by atoms with Gasteiger partial charge in [-0.15, -0.1) is 0 Å². The number of fused-ring (bicyclic) bond motifs is 1. The van der Waals surface area contributed by atoms with E-state index >= 15 is 0 Å². The molecule has 0 saturated heterocycles. The van der Waals surface area contributed by atoms with E-state index in [9.17, 15) is 4.79 Å². The maximum atomic E-state index is 12.9. The van der Waals surface area contributed by atoms with Gasteiger partial charge >= 0.3 is 0 Å². The minimum atomic E-state index is -0.0410. The molecule has 7 nitrogen and oxygen atoms in total. The van der Waals surface area contributed by atoms with Gasteiger partial charge in [0.15, 0.2) is 5.69 Å². The molecule has 0 bridgehead atoms. The second-order valence-electron chi connectivity index (χ2n) is 8.60. The molecule has 2 aromatic carbocycles. The summed E-state index contributed by atoms with van der Waals surface area (Å²) < 4.78 is 12.6. The smallest absolute Gasteiger partial charge is 0.274 e. The van der Waals surface area contributed by atoms with Gasteiger partial charge in [-0.25, -0.2) is 0 Å². The Hall–Kier alpha value is -3.32. The van der Waals surface area contributed by atoms with Crippen molar-refractivity contribution in [2.75, 3.05) is 34.9 Å². The first kappa shape index (κ1) is 22.9. The van der Waals surface area contributed by atoms with E-state index in [4.69, 9.17) is 14.6 Å².